The standard InChI is InChI=1S/C23H29N3O3/c1-24-22(26-13-11-23(16-26)12-14-28-17-23)25-15-18-7-9-19(10-8-18)29-21-6-4-3-5-20(21)27-2/h3-10H,11-17H2,1-2H3,(H,24,25). The Balaban J connectivity index is 1.33. The average molecular weight is 396 g/mol. The van der Waals surface area contributed by atoms with Crippen molar-refractivity contribution in [2.75, 3.05) is 40.5 Å². The van der Waals surface area contributed by atoms with Crippen LogP contribution in [0.4, 0.5) is 0 Å². The van der Waals surface area contributed by atoms with Crippen LogP contribution in [0.5, 0.6) is 17.2 Å². The number of rotatable bonds is 5. The van der Waals surface area contributed by atoms with Crippen LogP contribution in [0.2, 0.25) is 0 Å². The Morgan fingerprint density at radius 1 is 1.14 bits per heavy atom. The number of hydrogen-bond donors (Lipinski definition) is 1. The highest BCUT2D eigenvalue weighted by molar-refractivity contribution is 5.80. The lowest BCUT2D eigenvalue weighted by Gasteiger charge is -2.25. The Bertz CT molecular complexity index is 845. The van der Waals surface area contributed by atoms with Crippen LogP contribution in [0, 0.1) is 5.41 Å². The van der Waals surface area contributed by atoms with Gasteiger partial charge >= 0.3 is 0 Å². The fourth-order valence-corrected chi connectivity index (χ4v) is 4.11. The monoisotopic (exact) mass is 395 g/mol. The van der Waals surface area contributed by atoms with Crippen molar-refractivity contribution in [2.45, 2.75) is 19.4 Å². The van der Waals surface area contributed by atoms with Crippen LogP contribution in [0.15, 0.2) is 53.5 Å². The lowest BCUT2D eigenvalue weighted by molar-refractivity contribution is 0.156. The largest absolute Gasteiger partial charge is 0.493 e. The Hall–Kier alpha value is -2.73. The summed E-state index contributed by atoms with van der Waals surface area (Å²) < 4.78 is 16.9. The second-order valence-corrected chi connectivity index (χ2v) is 7.77. The van der Waals surface area contributed by atoms with Crippen molar-refractivity contribution in [3.63, 3.8) is 0 Å². The number of nitrogens with one attached hydrogen (secondary N) is 1. The summed E-state index contributed by atoms with van der Waals surface area (Å²) in [5.41, 5.74) is 1.51. The van der Waals surface area contributed by atoms with Gasteiger partial charge in [-0.15, -0.1) is 0 Å². The molecule has 2 heterocycles. The molecule has 1 spiro atoms. The van der Waals surface area contributed by atoms with E-state index in [1.807, 2.05) is 43.4 Å². The summed E-state index contributed by atoms with van der Waals surface area (Å²) in [6.45, 7) is 4.56. The van der Waals surface area contributed by atoms with Gasteiger partial charge in [0.25, 0.3) is 0 Å². The lowest BCUT2D eigenvalue weighted by atomic mass is 9.87. The van der Waals surface area contributed by atoms with Gasteiger partial charge in [0.05, 0.1) is 13.7 Å². The fraction of sp³-hybridized carbons (Fsp3) is 0.435. The predicted octanol–water partition coefficient (Wildman–Crippen LogP) is 3.68. The molecule has 6 heteroatoms. The second kappa shape index (κ2) is 8.74. The lowest BCUT2D eigenvalue weighted by Crippen LogP contribution is -2.41. The zero-order valence-corrected chi connectivity index (χ0v) is 17.2. The van der Waals surface area contributed by atoms with Crippen LogP contribution in [0.1, 0.15) is 18.4 Å². The number of ether oxygens (including phenoxy) is 3. The first-order valence-electron chi connectivity index (χ1n) is 10.1. The SMILES string of the molecule is CN=C(NCc1ccc(Oc2ccccc2OC)cc1)N1CCC2(CCOC2)C1. The van der Waals surface area contributed by atoms with Gasteiger partial charge in [0.1, 0.15) is 5.75 Å². The molecular weight excluding hydrogens is 366 g/mol. The van der Waals surface area contributed by atoms with E-state index in [1.165, 1.54) is 12.0 Å². The Morgan fingerprint density at radius 3 is 2.62 bits per heavy atom. The van der Waals surface area contributed by atoms with E-state index in [2.05, 4.69) is 27.3 Å². The quantitative estimate of drug-likeness (QED) is 0.618. The molecule has 1 N–H and O–H groups in total. The van der Waals surface area contributed by atoms with Crippen LogP contribution >= 0.6 is 0 Å². The van der Waals surface area contributed by atoms with Gasteiger partial charge in [-0.05, 0) is 42.7 Å². The number of benzene rings is 2. The summed E-state index contributed by atoms with van der Waals surface area (Å²) in [6.07, 6.45) is 2.34. The third-order valence-corrected chi connectivity index (χ3v) is 5.81. The molecule has 0 aliphatic carbocycles. The Morgan fingerprint density at radius 2 is 1.93 bits per heavy atom. The normalized spacial score (nSPS) is 21.6. The van der Waals surface area contributed by atoms with Crippen molar-refractivity contribution >= 4 is 5.96 Å². The topological polar surface area (TPSA) is 55.3 Å². The van der Waals surface area contributed by atoms with Gasteiger partial charge in [0.2, 0.25) is 0 Å². The van der Waals surface area contributed by atoms with Crippen molar-refractivity contribution in [3.8, 4) is 17.2 Å². The summed E-state index contributed by atoms with van der Waals surface area (Å²) in [4.78, 5) is 6.84. The van der Waals surface area contributed by atoms with Crippen LogP contribution in [0.3, 0.4) is 0 Å². The second-order valence-electron chi connectivity index (χ2n) is 7.77. The molecule has 0 saturated carbocycles. The van der Waals surface area contributed by atoms with E-state index in [4.69, 9.17) is 14.2 Å². The third-order valence-electron chi connectivity index (χ3n) is 5.81. The summed E-state index contributed by atoms with van der Waals surface area (Å²) in [5, 5.41) is 3.50. The number of aliphatic imine (C=N–C) groups is 1. The number of hydrogen-bond acceptors (Lipinski definition) is 4. The summed E-state index contributed by atoms with van der Waals surface area (Å²) in [6, 6.07) is 15.7. The van der Waals surface area contributed by atoms with Gasteiger partial charge in [-0.3, -0.25) is 4.99 Å². The Kier molecular flexibility index (Phi) is 5.90. The van der Waals surface area contributed by atoms with Crippen molar-refractivity contribution in [3.05, 3.63) is 54.1 Å². The van der Waals surface area contributed by atoms with Crippen LogP contribution in [-0.4, -0.2) is 51.3 Å². The maximum absolute atomic E-state index is 5.95. The minimum absolute atomic E-state index is 0.328. The molecule has 2 aliphatic rings. The van der Waals surface area contributed by atoms with Crippen LogP contribution in [-0.2, 0) is 11.3 Å². The third kappa shape index (κ3) is 4.48. The zero-order valence-electron chi connectivity index (χ0n) is 17.2. The van der Waals surface area contributed by atoms with Gasteiger partial charge in [-0.25, -0.2) is 0 Å². The molecule has 0 bridgehead atoms. The molecule has 0 aromatic heterocycles. The Labute approximate surface area is 172 Å². The van der Waals surface area contributed by atoms with Gasteiger partial charge in [-0.1, -0.05) is 24.3 Å². The summed E-state index contributed by atoms with van der Waals surface area (Å²) in [7, 11) is 3.49. The first kappa shape index (κ1) is 19.6. The van der Waals surface area contributed by atoms with E-state index in [0.717, 1.165) is 56.7 Å². The number of para-hydroxylation sites is 2. The summed E-state index contributed by atoms with van der Waals surface area (Å²) >= 11 is 0. The van der Waals surface area contributed by atoms with Crippen molar-refractivity contribution < 1.29 is 14.2 Å². The maximum atomic E-state index is 5.95. The van der Waals surface area contributed by atoms with Gasteiger partial charge in [0, 0.05) is 38.7 Å². The molecule has 0 amide bonds. The average Bonchev–Trinajstić information content (AvgIpc) is 3.40. The van der Waals surface area contributed by atoms with Crippen LogP contribution < -0.4 is 14.8 Å². The van der Waals surface area contributed by atoms with E-state index >= 15 is 0 Å². The maximum Gasteiger partial charge on any atom is 0.193 e. The zero-order chi connectivity index (χ0) is 20.1. The highest BCUT2D eigenvalue weighted by Gasteiger charge is 2.42. The van der Waals surface area contributed by atoms with E-state index < -0.39 is 0 Å². The molecule has 2 aliphatic heterocycles. The molecule has 2 saturated heterocycles. The molecule has 2 aromatic rings. The number of methoxy groups -OCH3 is 1. The molecular formula is C23H29N3O3. The van der Waals surface area contributed by atoms with Crippen molar-refractivity contribution in [2.24, 2.45) is 10.4 Å². The van der Waals surface area contributed by atoms with E-state index in [1.54, 1.807) is 7.11 Å². The number of nitrogens with zero attached hydrogens (tertiary/aromatic N) is 2. The molecule has 154 valence electrons. The molecule has 6 nitrogen and oxygen atoms in total. The van der Waals surface area contributed by atoms with Gasteiger partial charge in [-0.2, -0.15) is 0 Å². The van der Waals surface area contributed by atoms with Gasteiger partial charge in [0.15, 0.2) is 17.5 Å². The van der Waals surface area contributed by atoms with Crippen molar-refractivity contribution in [1.29, 1.82) is 0 Å². The van der Waals surface area contributed by atoms with E-state index in [0.29, 0.717) is 11.2 Å². The smallest absolute Gasteiger partial charge is 0.193 e. The summed E-state index contributed by atoms with van der Waals surface area (Å²) in [5.74, 6) is 3.17. The molecule has 4 rings (SSSR count). The highest BCUT2D eigenvalue weighted by atomic mass is 16.5. The van der Waals surface area contributed by atoms with E-state index in [9.17, 15) is 0 Å². The highest BCUT2D eigenvalue weighted by Crippen LogP contribution is 2.38. The van der Waals surface area contributed by atoms with E-state index in [-0.39, 0.29) is 0 Å². The molecule has 2 aromatic carbocycles. The molecule has 1 unspecified atom stereocenters. The first-order chi connectivity index (χ1) is 14.2. The minimum atomic E-state index is 0.328. The van der Waals surface area contributed by atoms with Gasteiger partial charge < -0.3 is 24.4 Å². The molecule has 2 fully saturated rings. The fourth-order valence-electron chi connectivity index (χ4n) is 4.11. The molecule has 0 radical (unpaired) electrons. The number of likely N-dealkylation sites (tertiary alicyclic amines) is 1. The molecule has 29 heavy (non-hydrogen) atoms. The molecule has 1 atom stereocenters. The van der Waals surface area contributed by atoms with Crippen molar-refractivity contribution in [1.82, 2.24) is 10.2 Å². The number of guanidine groups is 1. The minimum Gasteiger partial charge on any atom is -0.493 e. The predicted molar refractivity (Wildman–Crippen MR) is 114 cm³/mol. The van der Waals surface area contributed by atoms with Crippen LogP contribution in [0.25, 0.3) is 0 Å². The first-order valence-corrected chi connectivity index (χ1v) is 10.1.